The molecule has 0 radical (unpaired) electrons. The van der Waals surface area contributed by atoms with Gasteiger partial charge in [0, 0.05) is 29.7 Å². The Balaban J connectivity index is 1.95. The average Bonchev–Trinajstić information content (AvgIpc) is 2.68. The third-order valence-electron chi connectivity index (χ3n) is 4.26. The van der Waals surface area contributed by atoms with Crippen molar-refractivity contribution in [3.8, 4) is 5.75 Å². The second-order valence-corrected chi connectivity index (χ2v) is 7.05. The summed E-state index contributed by atoms with van der Waals surface area (Å²) in [6.07, 6.45) is 1.37. The zero-order valence-corrected chi connectivity index (χ0v) is 16.7. The Morgan fingerprint density at radius 1 is 1.04 bits per heavy atom. The number of likely N-dealkylation sites (N-methyl/N-ethyl adjacent to an activating group) is 2. The van der Waals surface area contributed by atoms with Gasteiger partial charge >= 0.3 is 6.03 Å². The fourth-order valence-corrected chi connectivity index (χ4v) is 3.04. The highest BCUT2D eigenvalue weighted by Gasteiger charge is 2.37. The first-order valence-electron chi connectivity index (χ1n) is 8.27. The number of carbonyl (C=O) groups is 3. The number of amides is 4. The van der Waals surface area contributed by atoms with Crippen molar-refractivity contribution in [3.05, 3.63) is 69.5 Å². The molecule has 1 aliphatic rings. The Bertz CT molecular complexity index is 979. The molecule has 0 aliphatic carbocycles. The minimum Gasteiger partial charge on any atom is -0.488 e. The average molecular weight is 447 g/mol. The summed E-state index contributed by atoms with van der Waals surface area (Å²) in [5, 5.41) is 0. The van der Waals surface area contributed by atoms with Crippen molar-refractivity contribution < 1.29 is 23.5 Å². The Hall–Kier alpha value is -3.00. The lowest BCUT2D eigenvalue weighted by Crippen LogP contribution is -2.52. The van der Waals surface area contributed by atoms with Gasteiger partial charge in [-0.05, 0) is 30.3 Å². The van der Waals surface area contributed by atoms with Crippen molar-refractivity contribution >= 4 is 39.9 Å². The molecular weight excluding hydrogens is 431 g/mol. The summed E-state index contributed by atoms with van der Waals surface area (Å²) >= 11 is 3.34. The summed E-state index contributed by atoms with van der Waals surface area (Å²) in [4.78, 5) is 38.4. The smallest absolute Gasteiger partial charge is 0.333 e. The van der Waals surface area contributed by atoms with Crippen molar-refractivity contribution in [1.29, 1.82) is 0 Å². The number of nitrogens with zero attached hydrogens (tertiary/aromatic N) is 2. The SMILES string of the molecule is CN1C(=O)C(=Cc2cc(Br)ccc2OCc2ccccc2F)C(=O)N(C)C1=O. The van der Waals surface area contributed by atoms with Gasteiger partial charge in [0.15, 0.2) is 0 Å². The first-order valence-corrected chi connectivity index (χ1v) is 9.06. The molecule has 6 nitrogen and oxygen atoms in total. The minimum absolute atomic E-state index is 0.0232. The number of benzene rings is 2. The van der Waals surface area contributed by atoms with E-state index in [1.165, 1.54) is 26.2 Å². The van der Waals surface area contributed by atoms with Gasteiger partial charge in [0.25, 0.3) is 11.8 Å². The molecule has 28 heavy (non-hydrogen) atoms. The monoisotopic (exact) mass is 446 g/mol. The molecule has 144 valence electrons. The van der Waals surface area contributed by atoms with E-state index in [-0.39, 0.29) is 18.0 Å². The summed E-state index contributed by atoms with van der Waals surface area (Å²) in [6, 6.07) is 10.6. The predicted octanol–water partition coefficient (Wildman–Crippen LogP) is 3.60. The summed E-state index contributed by atoms with van der Waals surface area (Å²) in [5.74, 6) is -1.43. The molecule has 1 aliphatic heterocycles. The number of imide groups is 2. The molecule has 1 saturated heterocycles. The van der Waals surface area contributed by atoms with Gasteiger partial charge in [-0.2, -0.15) is 0 Å². The van der Waals surface area contributed by atoms with Crippen LogP contribution in [0.1, 0.15) is 11.1 Å². The quantitative estimate of drug-likeness (QED) is 0.531. The summed E-state index contributed by atoms with van der Waals surface area (Å²) in [5.41, 5.74) is 0.649. The largest absolute Gasteiger partial charge is 0.488 e. The highest BCUT2D eigenvalue weighted by Crippen LogP contribution is 2.28. The van der Waals surface area contributed by atoms with Crippen LogP contribution in [0.4, 0.5) is 9.18 Å². The van der Waals surface area contributed by atoms with Crippen LogP contribution in [0.25, 0.3) is 6.08 Å². The number of rotatable bonds is 4. The Morgan fingerprint density at radius 3 is 2.32 bits per heavy atom. The number of halogens is 2. The minimum atomic E-state index is -0.701. The van der Waals surface area contributed by atoms with Gasteiger partial charge in [-0.15, -0.1) is 0 Å². The van der Waals surface area contributed by atoms with Crippen LogP contribution >= 0.6 is 15.9 Å². The molecule has 4 amide bonds. The first kappa shape index (κ1) is 19.8. The topological polar surface area (TPSA) is 66.9 Å². The highest BCUT2D eigenvalue weighted by atomic mass is 79.9. The molecule has 0 bridgehead atoms. The number of ether oxygens (including phenoxy) is 1. The maximum atomic E-state index is 13.8. The summed E-state index contributed by atoms with van der Waals surface area (Å²) < 4.78 is 20.2. The van der Waals surface area contributed by atoms with E-state index in [1.807, 2.05) is 0 Å². The lowest BCUT2D eigenvalue weighted by atomic mass is 10.1. The molecule has 2 aromatic carbocycles. The van der Waals surface area contributed by atoms with E-state index in [2.05, 4.69) is 15.9 Å². The molecule has 1 heterocycles. The molecule has 0 saturated carbocycles. The molecule has 8 heteroatoms. The van der Waals surface area contributed by atoms with Crippen LogP contribution in [0.2, 0.25) is 0 Å². The van der Waals surface area contributed by atoms with Gasteiger partial charge in [0.05, 0.1) is 0 Å². The van der Waals surface area contributed by atoms with Crippen molar-refractivity contribution in [1.82, 2.24) is 9.80 Å². The molecular formula is C20H16BrFN2O4. The van der Waals surface area contributed by atoms with Crippen LogP contribution in [0.5, 0.6) is 5.75 Å². The zero-order valence-electron chi connectivity index (χ0n) is 15.1. The molecule has 0 unspecified atom stereocenters. The van der Waals surface area contributed by atoms with E-state index in [1.54, 1.807) is 36.4 Å². The number of barbiturate groups is 1. The number of carbonyl (C=O) groups excluding carboxylic acids is 3. The fourth-order valence-electron chi connectivity index (χ4n) is 2.67. The van der Waals surface area contributed by atoms with E-state index in [9.17, 15) is 18.8 Å². The van der Waals surface area contributed by atoms with Gasteiger partial charge in [-0.25, -0.2) is 9.18 Å². The standard InChI is InChI=1S/C20H16BrFN2O4/c1-23-18(25)15(19(26)24(2)20(23)27)10-13-9-14(21)7-8-17(13)28-11-12-5-3-4-6-16(12)22/h3-10H,11H2,1-2H3. The fraction of sp³-hybridized carbons (Fsp3) is 0.150. The summed E-state index contributed by atoms with van der Waals surface area (Å²) in [6.45, 7) is -0.0232. The Kier molecular flexibility index (Phi) is 5.60. The van der Waals surface area contributed by atoms with Gasteiger partial charge in [0.1, 0.15) is 23.7 Å². The van der Waals surface area contributed by atoms with E-state index in [0.717, 1.165) is 9.80 Å². The van der Waals surface area contributed by atoms with Crippen LogP contribution in [0.15, 0.2) is 52.5 Å². The van der Waals surface area contributed by atoms with Crippen LogP contribution in [-0.4, -0.2) is 41.7 Å². The van der Waals surface area contributed by atoms with E-state index in [0.29, 0.717) is 21.3 Å². The number of hydrogen-bond acceptors (Lipinski definition) is 4. The lowest BCUT2D eigenvalue weighted by molar-refractivity contribution is -0.134. The first-order chi connectivity index (χ1) is 13.3. The van der Waals surface area contributed by atoms with Crippen LogP contribution in [-0.2, 0) is 16.2 Å². The Morgan fingerprint density at radius 2 is 1.68 bits per heavy atom. The zero-order chi connectivity index (χ0) is 20.4. The van der Waals surface area contributed by atoms with Crippen molar-refractivity contribution in [2.75, 3.05) is 14.1 Å². The normalized spacial score (nSPS) is 14.6. The maximum Gasteiger partial charge on any atom is 0.333 e. The van der Waals surface area contributed by atoms with Gasteiger partial charge in [-0.3, -0.25) is 19.4 Å². The third kappa shape index (κ3) is 3.82. The van der Waals surface area contributed by atoms with Crippen molar-refractivity contribution in [3.63, 3.8) is 0 Å². The second kappa shape index (κ2) is 7.93. The van der Waals surface area contributed by atoms with E-state index in [4.69, 9.17) is 4.74 Å². The maximum absolute atomic E-state index is 13.8. The number of urea groups is 1. The van der Waals surface area contributed by atoms with Crippen LogP contribution in [0, 0.1) is 5.82 Å². The van der Waals surface area contributed by atoms with Gasteiger partial charge in [0.2, 0.25) is 0 Å². The second-order valence-electron chi connectivity index (χ2n) is 6.13. The third-order valence-corrected chi connectivity index (χ3v) is 4.75. The summed E-state index contributed by atoms with van der Waals surface area (Å²) in [7, 11) is 2.61. The highest BCUT2D eigenvalue weighted by molar-refractivity contribution is 9.10. The molecule has 0 aromatic heterocycles. The Labute approximate surface area is 169 Å². The molecule has 0 atom stereocenters. The predicted molar refractivity (Wildman–Crippen MR) is 104 cm³/mol. The van der Waals surface area contributed by atoms with E-state index >= 15 is 0 Å². The van der Waals surface area contributed by atoms with Gasteiger partial charge in [-0.1, -0.05) is 34.1 Å². The number of hydrogen-bond donors (Lipinski definition) is 0. The molecule has 0 spiro atoms. The molecule has 2 aromatic rings. The van der Waals surface area contributed by atoms with Crippen LogP contribution in [0.3, 0.4) is 0 Å². The molecule has 0 N–H and O–H groups in total. The lowest BCUT2D eigenvalue weighted by Gasteiger charge is -2.29. The van der Waals surface area contributed by atoms with Gasteiger partial charge < -0.3 is 4.74 Å². The van der Waals surface area contributed by atoms with E-state index < -0.39 is 17.8 Å². The van der Waals surface area contributed by atoms with Crippen LogP contribution < -0.4 is 4.74 Å². The van der Waals surface area contributed by atoms with Crippen molar-refractivity contribution in [2.45, 2.75) is 6.61 Å². The molecule has 1 fully saturated rings. The van der Waals surface area contributed by atoms with Crippen molar-refractivity contribution in [2.24, 2.45) is 0 Å². The molecule has 3 rings (SSSR count).